The molecule has 3 heteroatoms. The Morgan fingerprint density at radius 1 is 1.44 bits per heavy atom. The molecule has 0 amide bonds. The van der Waals surface area contributed by atoms with Crippen molar-refractivity contribution in [1.82, 2.24) is 4.90 Å². The van der Waals surface area contributed by atoms with Crippen molar-refractivity contribution in [1.29, 1.82) is 0 Å². The highest BCUT2D eigenvalue weighted by atomic mass is 16.3. The fourth-order valence-corrected chi connectivity index (χ4v) is 2.42. The maximum atomic E-state index is 6.32. The van der Waals surface area contributed by atoms with Gasteiger partial charge in [-0.2, -0.15) is 0 Å². The predicted octanol–water partition coefficient (Wildman–Crippen LogP) is 2.02. The zero-order valence-electron chi connectivity index (χ0n) is 10.3. The average Bonchev–Trinajstić information content (AvgIpc) is 2.89. The van der Waals surface area contributed by atoms with Crippen LogP contribution in [0.4, 0.5) is 0 Å². The lowest BCUT2D eigenvalue weighted by atomic mass is 9.90. The van der Waals surface area contributed by atoms with Crippen molar-refractivity contribution in [2.45, 2.75) is 44.7 Å². The highest BCUT2D eigenvalue weighted by Crippen LogP contribution is 2.25. The molecule has 3 nitrogen and oxygen atoms in total. The molecule has 90 valence electrons. The Balaban J connectivity index is 1.99. The second-order valence-electron chi connectivity index (χ2n) is 5.24. The lowest BCUT2D eigenvalue weighted by Crippen LogP contribution is -2.55. The van der Waals surface area contributed by atoms with Crippen LogP contribution in [0, 0.1) is 0 Å². The van der Waals surface area contributed by atoms with Gasteiger partial charge in [0.15, 0.2) is 0 Å². The Kier molecular flexibility index (Phi) is 3.36. The molecule has 1 saturated heterocycles. The van der Waals surface area contributed by atoms with E-state index in [1.54, 1.807) is 6.26 Å². The van der Waals surface area contributed by atoms with Gasteiger partial charge in [-0.25, -0.2) is 0 Å². The van der Waals surface area contributed by atoms with Crippen LogP contribution in [0.3, 0.4) is 0 Å². The van der Waals surface area contributed by atoms with Crippen LogP contribution in [0.15, 0.2) is 22.8 Å². The summed E-state index contributed by atoms with van der Waals surface area (Å²) in [6, 6.07) is 4.04. The Labute approximate surface area is 97.6 Å². The zero-order valence-corrected chi connectivity index (χ0v) is 10.3. The van der Waals surface area contributed by atoms with Gasteiger partial charge in [0.2, 0.25) is 0 Å². The Morgan fingerprint density at radius 3 is 2.69 bits per heavy atom. The molecule has 0 saturated carbocycles. The summed E-state index contributed by atoms with van der Waals surface area (Å²) in [6.07, 6.45) is 5.13. The van der Waals surface area contributed by atoms with E-state index in [1.165, 1.54) is 25.9 Å². The minimum absolute atomic E-state index is 0.0588. The van der Waals surface area contributed by atoms with Crippen LogP contribution in [-0.2, 0) is 6.42 Å². The van der Waals surface area contributed by atoms with Crippen LogP contribution in [0.25, 0.3) is 0 Å². The molecule has 1 aromatic rings. The Morgan fingerprint density at radius 2 is 2.12 bits per heavy atom. The fourth-order valence-electron chi connectivity index (χ4n) is 2.42. The minimum atomic E-state index is 0.0588. The molecule has 2 rings (SSSR count). The van der Waals surface area contributed by atoms with Crippen molar-refractivity contribution in [3.8, 4) is 0 Å². The van der Waals surface area contributed by atoms with Gasteiger partial charge in [-0.3, -0.25) is 4.90 Å². The number of rotatable bonds is 4. The third kappa shape index (κ3) is 2.30. The highest BCUT2D eigenvalue weighted by Gasteiger charge is 2.34. The number of furan rings is 1. The number of nitrogens with two attached hydrogens (primary N) is 1. The molecule has 1 fully saturated rings. The van der Waals surface area contributed by atoms with Crippen LogP contribution in [-0.4, -0.2) is 29.6 Å². The van der Waals surface area contributed by atoms with Gasteiger partial charge in [0, 0.05) is 18.0 Å². The first-order valence-electron chi connectivity index (χ1n) is 6.14. The summed E-state index contributed by atoms with van der Waals surface area (Å²) >= 11 is 0. The molecule has 1 aliphatic heterocycles. The zero-order chi connectivity index (χ0) is 11.6. The lowest BCUT2D eigenvalue weighted by Gasteiger charge is -2.40. The van der Waals surface area contributed by atoms with Crippen LogP contribution in [0.2, 0.25) is 0 Å². The van der Waals surface area contributed by atoms with Crippen molar-refractivity contribution in [3.63, 3.8) is 0 Å². The van der Waals surface area contributed by atoms with Crippen molar-refractivity contribution in [2.75, 3.05) is 13.1 Å². The third-order valence-corrected chi connectivity index (χ3v) is 3.83. The SMILES string of the molecule is CC(C)(C(N)Cc1ccco1)N1CCCC1. The second kappa shape index (κ2) is 4.60. The smallest absolute Gasteiger partial charge is 0.105 e. The molecular formula is C13H22N2O. The molecule has 1 unspecified atom stereocenters. The summed E-state index contributed by atoms with van der Waals surface area (Å²) < 4.78 is 5.36. The van der Waals surface area contributed by atoms with Gasteiger partial charge in [-0.1, -0.05) is 0 Å². The summed E-state index contributed by atoms with van der Waals surface area (Å²) in [5.41, 5.74) is 6.38. The van der Waals surface area contributed by atoms with Gasteiger partial charge in [0.1, 0.15) is 5.76 Å². The molecule has 0 bridgehead atoms. The maximum Gasteiger partial charge on any atom is 0.105 e. The van der Waals surface area contributed by atoms with E-state index >= 15 is 0 Å². The molecule has 2 heterocycles. The van der Waals surface area contributed by atoms with Crippen molar-refractivity contribution < 1.29 is 4.42 Å². The van der Waals surface area contributed by atoms with Gasteiger partial charge >= 0.3 is 0 Å². The van der Waals surface area contributed by atoms with Crippen molar-refractivity contribution >= 4 is 0 Å². The van der Waals surface area contributed by atoms with E-state index in [2.05, 4.69) is 18.7 Å². The van der Waals surface area contributed by atoms with Gasteiger partial charge in [0.05, 0.1) is 6.26 Å². The van der Waals surface area contributed by atoms with E-state index in [-0.39, 0.29) is 11.6 Å². The van der Waals surface area contributed by atoms with E-state index < -0.39 is 0 Å². The van der Waals surface area contributed by atoms with Crippen molar-refractivity contribution in [3.05, 3.63) is 24.2 Å². The van der Waals surface area contributed by atoms with Gasteiger partial charge < -0.3 is 10.2 Å². The first-order valence-corrected chi connectivity index (χ1v) is 6.14. The maximum absolute atomic E-state index is 6.32. The lowest BCUT2D eigenvalue weighted by molar-refractivity contribution is 0.121. The number of hydrogen-bond donors (Lipinski definition) is 1. The van der Waals surface area contributed by atoms with E-state index in [4.69, 9.17) is 10.2 Å². The van der Waals surface area contributed by atoms with Gasteiger partial charge in [0.25, 0.3) is 0 Å². The van der Waals surface area contributed by atoms with Crippen molar-refractivity contribution in [2.24, 2.45) is 5.73 Å². The molecular weight excluding hydrogens is 200 g/mol. The highest BCUT2D eigenvalue weighted by molar-refractivity contribution is 5.05. The number of likely N-dealkylation sites (tertiary alicyclic amines) is 1. The summed E-state index contributed by atoms with van der Waals surface area (Å²) in [4.78, 5) is 2.50. The Hall–Kier alpha value is -0.800. The summed E-state index contributed by atoms with van der Waals surface area (Å²) in [7, 11) is 0. The first kappa shape index (κ1) is 11.7. The second-order valence-corrected chi connectivity index (χ2v) is 5.24. The van der Waals surface area contributed by atoms with Gasteiger partial charge in [-0.05, 0) is 51.9 Å². The van der Waals surface area contributed by atoms with E-state index in [0.717, 1.165) is 12.2 Å². The number of nitrogens with zero attached hydrogens (tertiary/aromatic N) is 1. The first-order chi connectivity index (χ1) is 7.60. The molecule has 16 heavy (non-hydrogen) atoms. The van der Waals surface area contributed by atoms with E-state index in [0.29, 0.717) is 0 Å². The third-order valence-electron chi connectivity index (χ3n) is 3.83. The summed E-state index contributed by atoms with van der Waals surface area (Å²) in [5.74, 6) is 0.986. The average molecular weight is 222 g/mol. The largest absolute Gasteiger partial charge is 0.469 e. The molecule has 1 atom stereocenters. The monoisotopic (exact) mass is 222 g/mol. The van der Waals surface area contributed by atoms with E-state index in [1.807, 2.05) is 12.1 Å². The van der Waals surface area contributed by atoms with Gasteiger partial charge in [-0.15, -0.1) is 0 Å². The summed E-state index contributed by atoms with van der Waals surface area (Å²) in [5, 5.41) is 0. The van der Waals surface area contributed by atoms with Crippen LogP contribution in [0.5, 0.6) is 0 Å². The summed E-state index contributed by atoms with van der Waals surface area (Å²) in [6.45, 7) is 6.84. The minimum Gasteiger partial charge on any atom is -0.469 e. The van der Waals surface area contributed by atoms with Crippen LogP contribution < -0.4 is 5.73 Å². The molecule has 1 aromatic heterocycles. The van der Waals surface area contributed by atoms with E-state index in [9.17, 15) is 0 Å². The molecule has 0 aliphatic carbocycles. The standard InChI is InChI=1S/C13H22N2O/c1-13(2,15-7-3-4-8-15)12(14)10-11-6-5-9-16-11/h5-6,9,12H,3-4,7-8,10,14H2,1-2H3. The normalized spacial score (nSPS) is 20.2. The topological polar surface area (TPSA) is 42.4 Å². The molecule has 2 N–H and O–H groups in total. The quantitative estimate of drug-likeness (QED) is 0.847. The number of hydrogen-bond acceptors (Lipinski definition) is 3. The van der Waals surface area contributed by atoms with Crippen LogP contribution >= 0.6 is 0 Å². The Bertz CT molecular complexity index is 313. The molecule has 1 aliphatic rings. The fraction of sp³-hybridized carbons (Fsp3) is 0.692. The van der Waals surface area contributed by atoms with Crippen LogP contribution in [0.1, 0.15) is 32.4 Å². The predicted molar refractivity (Wildman–Crippen MR) is 65.3 cm³/mol. The molecule has 0 radical (unpaired) electrons. The molecule has 0 aromatic carbocycles. The molecule has 0 spiro atoms.